The van der Waals surface area contributed by atoms with Crippen molar-refractivity contribution in [3.05, 3.63) is 41.3 Å². The van der Waals surface area contributed by atoms with Crippen LogP contribution in [0.3, 0.4) is 0 Å². The van der Waals surface area contributed by atoms with E-state index in [0.29, 0.717) is 11.8 Å². The van der Waals surface area contributed by atoms with Crippen molar-refractivity contribution in [1.29, 1.82) is 0 Å². The van der Waals surface area contributed by atoms with Gasteiger partial charge in [0.05, 0.1) is 17.3 Å². The highest BCUT2D eigenvalue weighted by atomic mass is 15.3. The summed E-state index contributed by atoms with van der Waals surface area (Å²) in [5, 5.41) is 9.01. The Hall–Kier alpha value is -2.67. The first kappa shape index (κ1) is 20.2. The molecule has 3 aromatic rings. The lowest BCUT2D eigenvalue weighted by Crippen LogP contribution is -2.44. The number of aryl methyl sites for hydroxylation is 3. The Morgan fingerprint density at radius 2 is 1.84 bits per heavy atom. The van der Waals surface area contributed by atoms with Crippen LogP contribution in [0.15, 0.2) is 24.5 Å². The topological polar surface area (TPSA) is 62.1 Å². The summed E-state index contributed by atoms with van der Waals surface area (Å²) < 4.78 is 1.87. The maximum absolute atomic E-state index is 4.87. The number of hydrogen-bond acceptors (Lipinski definition) is 6. The molecule has 2 aliphatic rings. The first-order valence-electron chi connectivity index (χ1n) is 11.5. The summed E-state index contributed by atoms with van der Waals surface area (Å²) in [6.45, 7) is 12.9. The third kappa shape index (κ3) is 3.76. The Morgan fingerprint density at radius 1 is 1.03 bits per heavy atom. The second-order valence-corrected chi connectivity index (χ2v) is 9.24. The zero-order valence-corrected chi connectivity index (χ0v) is 19.1. The largest absolute Gasteiger partial charge is 0.371 e. The molecular formula is C24H33N7. The van der Waals surface area contributed by atoms with Crippen molar-refractivity contribution in [2.45, 2.75) is 33.1 Å². The van der Waals surface area contributed by atoms with Gasteiger partial charge < -0.3 is 15.1 Å². The van der Waals surface area contributed by atoms with Crippen molar-refractivity contribution >= 4 is 22.5 Å². The number of pyridine rings is 2. The van der Waals surface area contributed by atoms with Crippen LogP contribution in [0, 0.1) is 19.8 Å². The molecule has 7 nitrogen and oxygen atoms in total. The summed E-state index contributed by atoms with van der Waals surface area (Å²) in [6, 6.07) is 4.51. The molecule has 5 heterocycles. The van der Waals surface area contributed by atoms with Gasteiger partial charge in [-0.25, -0.2) is 9.97 Å². The zero-order chi connectivity index (χ0) is 21.5. The third-order valence-electron chi connectivity index (χ3n) is 7.03. The fourth-order valence-electron chi connectivity index (χ4n) is 5.31. The van der Waals surface area contributed by atoms with E-state index >= 15 is 0 Å². The molecule has 0 spiro atoms. The van der Waals surface area contributed by atoms with Crippen molar-refractivity contribution in [3.8, 4) is 0 Å². The van der Waals surface area contributed by atoms with E-state index in [1.165, 1.54) is 16.8 Å². The van der Waals surface area contributed by atoms with Crippen LogP contribution in [0.5, 0.6) is 0 Å². The number of nitrogens with zero attached hydrogens (tertiary/aromatic N) is 6. The number of rotatable bonds is 3. The van der Waals surface area contributed by atoms with Gasteiger partial charge in [-0.15, -0.1) is 0 Å². The molecule has 0 radical (unpaired) electrons. The molecule has 164 valence electrons. The van der Waals surface area contributed by atoms with Gasteiger partial charge >= 0.3 is 0 Å². The molecule has 2 aliphatic heterocycles. The molecule has 3 aromatic heterocycles. The minimum absolute atomic E-state index is 0.549. The number of hydrogen-bond donors (Lipinski definition) is 1. The first-order chi connectivity index (χ1) is 15.0. The molecule has 2 saturated heterocycles. The molecular weight excluding hydrogens is 386 g/mol. The molecule has 0 bridgehead atoms. The molecule has 0 aliphatic carbocycles. The smallest absolute Gasteiger partial charge is 0.159 e. The van der Waals surface area contributed by atoms with Crippen LogP contribution in [0.4, 0.5) is 11.5 Å². The van der Waals surface area contributed by atoms with Crippen molar-refractivity contribution < 1.29 is 0 Å². The van der Waals surface area contributed by atoms with Gasteiger partial charge in [0.2, 0.25) is 0 Å². The van der Waals surface area contributed by atoms with E-state index in [4.69, 9.17) is 4.98 Å². The highest BCUT2D eigenvalue weighted by Crippen LogP contribution is 2.38. The lowest BCUT2D eigenvalue weighted by molar-refractivity contribution is 0.382. The highest BCUT2D eigenvalue weighted by Gasteiger charge is 2.30. The first-order valence-corrected chi connectivity index (χ1v) is 11.5. The lowest BCUT2D eigenvalue weighted by Gasteiger charge is -2.39. The van der Waals surface area contributed by atoms with E-state index in [9.17, 15) is 0 Å². The second kappa shape index (κ2) is 8.11. The van der Waals surface area contributed by atoms with Crippen molar-refractivity contribution in [2.75, 3.05) is 49.1 Å². The predicted octanol–water partition coefficient (Wildman–Crippen LogP) is 3.02. The summed E-state index contributed by atoms with van der Waals surface area (Å²) in [7, 11) is 1.97. The molecule has 2 fully saturated rings. The Morgan fingerprint density at radius 3 is 2.58 bits per heavy atom. The quantitative estimate of drug-likeness (QED) is 0.704. The van der Waals surface area contributed by atoms with Gasteiger partial charge in [-0.1, -0.05) is 6.92 Å². The minimum atomic E-state index is 0.549. The highest BCUT2D eigenvalue weighted by molar-refractivity contribution is 5.89. The van der Waals surface area contributed by atoms with Gasteiger partial charge in [0.25, 0.3) is 0 Å². The predicted molar refractivity (Wildman–Crippen MR) is 126 cm³/mol. The van der Waals surface area contributed by atoms with Gasteiger partial charge in [0.15, 0.2) is 5.65 Å². The van der Waals surface area contributed by atoms with E-state index < -0.39 is 0 Å². The maximum atomic E-state index is 4.87. The summed E-state index contributed by atoms with van der Waals surface area (Å²) in [6.07, 6.45) is 5.25. The van der Waals surface area contributed by atoms with Gasteiger partial charge in [0, 0.05) is 58.2 Å². The van der Waals surface area contributed by atoms with Crippen molar-refractivity contribution in [1.82, 2.24) is 25.1 Å². The fourth-order valence-corrected chi connectivity index (χ4v) is 5.31. The molecule has 1 N–H and O–H groups in total. The molecule has 7 heteroatoms. The zero-order valence-electron chi connectivity index (χ0n) is 19.1. The number of piperazine rings is 1. The van der Waals surface area contributed by atoms with Crippen LogP contribution in [0.2, 0.25) is 0 Å². The Kier molecular flexibility index (Phi) is 5.30. The second-order valence-electron chi connectivity index (χ2n) is 9.24. The average Bonchev–Trinajstić information content (AvgIpc) is 3.14. The minimum Gasteiger partial charge on any atom is -0.371 e. The van der Waals surface area contributed by atoms with E-state index in [0.717, 1.165) is 68.2 Å². The van der Waals surface area contributed by atoms with Crippen molar-refractivity contribution in [2.24, 2.45) is 13.0 Å². The molecule has 0 amide bonds. The van der Waals surface area contributed by atoms with Gasteiger partial charge in [-0.2, -0.15) is 5.10 Å². The number of nitrogens with one attached hydrogen (secondary N) is 1. The molecule has 0 saturated carbocycles. The van der Waals surface area contributed by atoms with Crippen LogP contribution >= 0.6 is 0 Å². The molecule has 31 heavy (non-hydrogen) atoms. The van der Waals surface area contributed by atoms with E-state index in [-0.39, 0.29) is 0 Å². The Labute approximate surface area is 184 Å². The molecule has 2 atom stereocenters. The number of piperidine rings is 1. The molecule has 0 unspecified atom stereocenters. The molecule has 0 aromatic carbocycles. The standard InChI is InChI=1S/C24H33N7/c1-16-11-23(30-9-6-25-7-10-30)26-13-20(16)19-5-8-31(15-17(19)2)22-12-18(3)28-24-21(22)14-27-29(24)4/h11-14,17,19,25H,5-10,15H2,1-4H3/t17-,19+/m1/s1. The SMILES string of the molecule is Cc1cc(N2CC[C@H](c3cnc(N4CCNCC4)cc3C)[C@H](C)C2)c2cnn(C)c2n1. The summed E-state index contributed by atoms with van der Waals surface area (Å²) in [4.78, 5) is 14.5. The number of aromatic nitrogens is 4. The maximum Gasteiger partial charge on any atom is 0.159 e. The van der Waals surface area contributed by atoms with Gasteiger partial charge in [-0.05, 0) is 55.4 Å². The van der Waals surface area contributed by atoms with Crippen LogP contribution in [-0.2, 0) is 7.05 Å². The Balaban J connectivity index is 1.36. The van der Waals surface area contributed by atoms with Crippen LogP contribution in [0.1, 0.15) is 36.1 Å². The molecule has 5 rings (SSSR count). The normalized spacial score (nSPS) is 22.3. The van der Waals surface area contributed by atoms with Gasteiger partial charge in [-0.3, -0.25) is 4.68 Å². The lowest BCUT2D eigenvalue weighted by atomic mass is 9.80. The van der Waals surface area contributed by atoms with E-state index in [1.807, 2.05) is 17.9 Å². The number of fused-ring (bicyclic) bond motifs is 1. The fraction of sp³-hybridized carbons (Fsp3) is 0.542. The summed E-state index contributed by atoms with van der Waals surface area (Å²) >= 11 is 0. The Bertz CT molecular complexity index is 1080. The van der Waals surface area contributed by atoms with E-state index in [2.05, 4.69) is 64.3 Å². The van der Waals surface area contributed by atoms with Crippen molar-refractivity contribution in [3.63, 3.8) is 0 Å². The monoisotopic (exact) mass is 419 g/mol. The van der Waals surface area contributed by atoms with E-state index in [1.54, 1.807) is 0 Å². The third-order valence-corrected chi connectivity index (χ3v) is 7.03. The van der Waals surface area contributed by atoms with Crippen LogP contribution in [-0.4, -0.2) is 59.0 Å². The number of anilines is 2. The van der Waals surface area contributed by atoms with Crippen LogP contribution < -0.4 is 15.1 Å². The summed E-state index contributed by atoms with van der Waals surface area (Å²) in [5.41, 5.74) is 6.08. The average molecular weight is 420 g/mol. The summed E-state index contributed by atoms with van der Waals surface area (Å²) in [5.74, 6) is 2.23. The van der Waals surface area contributed by atoms with Crippen LogP contribution in [0.25, 0.3) is 11.0 Å². The van der Waals surface area contributed by atoms with Gasteiger partial charge in [0.1, 0.15) is 5.82 Å².